The van der Waals surface area contributed by atoms with Gasteiger partial charge in [-0.25, -0.2) is 4.39 Å². The van der Waals surface area contributed by atoms with E-state index in [9.17, 15) is 27.2 Å². The van der Waals surface area contributed by atoms with Gasteiger partial charge in [-0.15, -0.1) is 0 Å². The lowest BCUT2D eigenvalue weighted by Crippen LogP contribution is -2.49. The number of carboxylic acid groups (broad SMARTS) is 1. The molecule has 0 aliphatic rings. The molecule has 0 aliphatic carbocycles. The number of aliphatic carboxylic acids is 1. The van der Waals surface area contributed by atoms with Crippen LogP contribution in [0.2, 0.25) is 0 Å². The molecular formula is C23H35F4N2O4+. The largest absolute Gasteiger partial charge is 0.481 e. The highest BCUT2D eigenvalue weighted by atomic mass is 19.4. The number of nitrogens with zero attached hydrogens (tertiary/aromatic N) is 1. The highest BCUT2D eigenvalue weighted by molar-refractivity contribution is 5.77. The van der Waals surface area contributed by atoms with Crippen molar-refractivity contribution in [3.63, 3.8) is 0 Å². The molecule has 10 heteroatoms. The van der Waals surface area contributed by atoms with Crippen LogP contribution in [-0.4, -0.2) is 61.8 Å². The Kier molecular flexibility index (Phi) is 11.8. The van der Waals surface area contributed by atoms with Crippen molar-refractivity contribution in [2.24, 2.45) is 0 Å². The number of carbonyl (C=O) groups is 2. The predicted molar refractivity (Wildman–Crippen MR) is 116 cm³/mol. The molecule has 1 aromatic rings. The number of amides is 1. The summed E-state index contributed by atoms with van der Waals surface area (Å²) in [6.45, 7) is 0.974. The minimum Gasteiger partial charge on any atom is -0.481 e. The van der Waals surface area contributed by atoms with Gasteiger partial charge in [0.25, 0.3) is 0 Å². The van der Waals surface area contributed by atoms with E-state index < -0.39 is 29.6 Å². The zero-order valence-corrected chi connectivity index (χ0v) is 19.5. The first-order valence-corrected chi connectivity index (χ1v) is 11.0. The van der Waals surface area contributed by atoms with E-state index in [2.05, 4.69) is 5.32 Å². The summed E-state index contributed by atoms with van der Waals surface area (Å²) >= 11 is 0. The second-order valence-electron chi connectivity index (χ2n) is 9.22. The van der Waals surface area contributed by atoms with E-state index in [0.717, 1.165) is 37.8 Å². The van der Waals surface area contributed by atoms with Crippen LogP contribution in [0.25, 0.3) is 0 Å². The molecule has 1 atom stereocenters. The minimum absolute atomic E-state index is 0.0417. The van der Waals surface area contributed by atoms with E-state index in [4.69, 9.17) is 9.84 Å². The lowest BCUT2D eigenvalue weighted by atomic mass is 10.1. The van der Waals surface area contributed by atoms with Crippen LogP contribution in [0.5, 0.6) is 0 Å². The second kappa shape index (κ2) is 13.5. The molecule has 0 aliphatic heterocycles. The molecule has 1 rings (SSSR count). The smallest absolute Gasteiger partial charge is 0.419 e. The van der Waals surface area contributed by atoms with E-state index >= 15 is 0 Å². The molecule has 0 heterocycles. The van der Waals surface area contributed by atoms with Crippen molar-refractivity contribution < 1.29 is 41.5 Å². The summed E-state index contributed by atoms with van der Waals surface area (Å²) in [6.07, 6.45) is -0.438. The second-order valence-corrected chi connectivity index (χ2v) is 9.22. The Balaban J connectivity index is 2.16. The molecule has 2 N–H and O–H groups in total. The zero-order valence-electron chi connectivity index (χ0n) is 19.5. The van der Waals surface area contributed by atoms with Crippen molar-refractivity contribution >= 4 is 11.9 Å². The topological polar surface area (TPSA) is 75.6 Å². The third kappa shape index (κ3) is 13.2. The number of hydrogen-bond acceptors (Lipinski definition) is 3. The maximum absolute atomic E-state index is 13.5. The first-order chi connectivity index (χ1) is 15.3. The Labute approximate surface area is 192 Å². The maximum Gasteiger partial charge on any atom is 0.419 e. The number of halogens is 4. The SMILES string of the molecule is C[N+](C)(C)CC(CC(=O)O)NC(=O)CCCCCCCOCc1ccc(C(F)(F)F)c(F)c1. The normalized spacial score (nSPS) is 13.1. The Hall–Kier alpha value is -2.20. The van der Waals surface area contributed by atoms with Crippen molar-refractivity contribution in [3.05, 3.63) is 35.1 Å². The molecular weight excluding hydrogens is 444 g/mol. The van der Waals surface area contributed by atoms with Gasteiger partial charge in [0.15, 0.2) is 0 Å². The molecule has 0 saturated carbocycles. The fourth-order valence-electron chi connectivity index (χ4n) is 3.42. The highest BCUT2D eigenvalue weighted by Crippen LogP contribution is 2.31. The molecule has 1 aromatic carbocycles. The third-order valence-corrected chi connectivity index (χ3v) is 4.85. The number of hydrogen-bond donors (Lipinski definition) is 2. The molecule has 0 spiro atoms. The van der Waals surface area contributed by atoms with E-state index in [0.29, 0.717) is 36.0 Å². The lowest BCUT2D eigenvalue weighted by molar-refractivity contribution is -0.871. The standard InChI is InChI=1S/C23H34F4N2O4/c1-29(2,3)15-18(14-22(31)32)28-21(30)9-7-5-4-6-8-12-33-16-17-10-11-19(20(24)13-17)23(25,26)27/h10-11,13,18H,4-9,12,14-16H2,1-3H3,(H-,28,30,31,32)/p+1. The van der Waals surface area contributed by atoms with Gasteiger partial charge in [-0.3, -0.25) is 9.59 Å². The van der Waals surface area contributed by atoms with E-state index in [1.807, 2.05) is 21.1 Å². The molecule has 0 radical (unpaired) electrons. The summed E-state index contributed by atoms with van der Waals surface area (Å²) in [6, 6.07) is 2.36. The average molecular weight is 480 g/mol. The van der Waals surface area contributed by atoms with E-state index in [1.54, 1.807) is 0 Å². The van der Waals surface area contributed by atoms with Gasteiger partial charge in [0.2, 0.25) is 5.91 Å². The maximum atomic E-state index is 13.5. The van der Waals surface area contributed by atoms with Gasteiger partial charge in [-0.05, 0) is 30.5 Å². The summed E-state index contributed by atoms with van der Waals surface area (Å²) in [5.74, 6) is -2.40. The Morgan fingerprint density at radius 2 is 1.73 bits per heavy atom. The van der Waals surface area contributed by atoms with Crippen LogP contribution in [0, 0.1) is 5.82 Å². The molecule has 1 amide bonds. The Bertz CT molecular complexity index is 764. The first-order valence-electron chi connectivity index (χ1n) is 11.0. The van der Waals surface area contributed by atoms with Crippen LogP contribution in [0.3, 0.4) is 0 Å². The van der Waals surface area contributed by atoms with Gasteiger partial charge in [0, 0.05) is 13.0 Å². The summed E-state index contributed by atoms with van der Waals surface area (Å²) in [4.78, 5) is 23.1. The van der Waals surface area contributed by atoms with Crippen LogP contribution in [0.4, 0.5) is 17.6 Å². The van der Waals surface area contributed by atoms with Crippen LogP contribution >= 0.6 is 0 Å². The lowest BCUT2D eigenvalue weighted by Gasteiger charge is -2.29. The molecule has 0 aromatic heterocycles. The minimum atomic E-state index is -4.71. The van der Waals surface area contributed by atoms with Gasteiger partial charge in [-0.1, -0.05) is 25.3 Å². The first kappa shape index (κ1) is 28.8. The Morgan fingerprint density at radius 3 is 2.30 bits per heavy atom. The molecule has 6 nitrogen and oxygen atoms in total. The van der Waals surface area contributed by atoms with Crippen molar-refractivity contribution in [1.82, 2.24) is 5.32 Å². The molecule has 0 saturated heterocycles. The monoisotopic (exact) mass is 479 g/mol. The van der Waals surface area contributed by atoms with Gasteiger partial charge in [0.05, 0.1) is 52.3 Å². The summed E-state index contributed by atoms with van der Waals surface area (Å²) < 4.78 is 57.1. The number of carbonyl (C=O) groups excluding carboxylic acids is 1. The number of benzene rings is 1. The number of unbranched alkanes of at least 4 members (excludes halogenated alkanes) is 4. The zero-order chi connectivity index (χ0) is 25.1. The molecule has 33 heavy (non-hydrogen) atoms. The molecule has 188 valence electrons. The fourth-order valence-corrected chi connectivity index (χ4v) is 3.42. The number of carboxylic acids is 1. The van der Waals surface area contributed by atoms with Crippen molar-refractivity contribution in [1.29, 1.82) is 0 Å². The number of alkyl halides is 3. The predicted octanol–water partition coefficient (Wildman–Crippen LogP) is 4.37. The van der Waals surface area contributed by atoms with Gasteiger partial charge < -0.3 is 19.6 Å². The average Bonchev–Trinajstić information content (AvgIpc) is 2.63. The number of rotatable bonds is 15. The molecule has 0 fully saturated rings. The Morgan fingerprint density at radius 1 is 1.09 bits per heavy atom. The van der Waals surface area contributed by atoms with Crippen molar-refractivity contribution in [3.8, 4) is 0 Å². The highest BCUT2D eigenvalue weighted by Gasteiger charge is 2.33. The van der Waals surface area contributed by atoms with Gasteiger partial charge in [0.1, 0.15) is 5.82 Å². The molecule has 0 bridgehead atoms. The number of ether oxygens (including phenoxy) is 1. The third-order valence-electron chi connectivity index (χ3n) is 4.85. The van der Waals surface area contributed by atoms with Crippen LogP contribution in [0.15, 0.2) is 18.2 Å². The van der Waals surface area contributed by atoms with E-state index in [1.165, 1.54) is 6.07 Å². The van der Waals surface area contributed by atoms with Crippen LogP contribution in [-0.2, 0) is 27.1 Å². The van der Waals surface area contributed by atoms with Crippen molar-refractivity contribution in [2.75, 3.05) is 34.3 Å². The number of nitrogens with one attached hydrogen (secondary N) is 1. The van der Waals surface area contributed by atoms with Gasteiger partial charge in [-0.2, -0.15) is 13.2 Å². The van der Waals surface area contributed by atoms with Crippen LogP contribution < -0.4 is 5.32 Å². The summed E-state index contributed by atoms with van der Waals surface area (Å²) in [5.41, 5.74) is -0.941. The quantitative estimate of drug-likeness (QED) is 0.223. The van der Waals surface area contributed by atoms with Crippen LogP contribution in [0.1, 0.15) is 56.1 Å². The van der Waals surface area contributed by atoms with E-state index in [-0.39, 0.29) is 18.9 Å². The fraction of sp³-hybridized carbons (Fsp3) is 0.652. The number of quaternary nitrogens is 1. The van der Waals surface area contributed by atoms with Crippen molar-refractivity contribution in [2.45, 2.75) is 63.8 Å². The number of likely N-dealkylation sites (N-methyl/N-ethyl adjacent to an activating group) is 1. The summed E-state index contributed by atoms with van der Waals surface area (Å²) in [5, 5.41) is 11.8. The molecule has 1 unspecified atom stereocenters. The van der Waals surface area contributed by atoms with Gasteiger partial charge >= 0.3 is 12.1 Å². The summed E-state index contributed by atoms with van der Waals surface area (Å²) in [7, 11) is 5.81.